The van der Waals surface area contributed by atoms with E-state index < -0.39 is 32.7 Å². The highest BCUT2D eigenvalue weighted by Gasteiger charge is 2.16. The third-order valence-electron chi connectivity index (χ3n) is 3.85. The second-order valence-corrected chi connectivity index (χ2v) is 7.77. The lowest BCUT2D eigenvalue weighted by Gasteiger charge is -2.11. The predicted molar refractivity (Wildman–Crippen MR) is 108 cm³/mol. The van der Waals surface area contributed by atoms with Gasteiger partial charge in [-0.1, -0.05) is 0 Å². The summed E-state index contributed by atoms with van der Waals surface area (Å²) in [6.07, 6.45) is 0.293. The van der Waals surface area contributed by atoms with E-state index in [1.165, 1.54) is 6.07 Å². The Labute approximate surface area is 176 Å². The molecule has 31 heavy (non-hydrogen) atoms. The van der Waals surface area contributed by atoms with Crippen molar-refractivity contribution < 1.29 is 21.9 Å². The molecule has 1 heterocycles. The molecule has 3 rings (SSSR count). The molecule has 0 amide bonds. The van der Waals surface area contributed by atoms with Gasteiger partial charge in [-0.15, -0.1) is 0 Å². The van der Waals surface area contributed by atoms with Crippen LogP contribution in [0.1, 0.15) is 6.92 Å². The number of hydrogen-bond donors (Lipinski definition) is 3. The molecule has 0 fully saturated rings. The number of halogens is 2. The van der Waals surface area contributed by atoms with E-state index in [9.17, 15) is 17.2 Å². The Morgan fingerprint density at radius 2 is 1.77 bits per heavy atom. The molecule has 1 unspecified atom stereocenters. The fraction of sp³-hybridized carbons (Fsp3) is 0.105. The van der Waals surface area contributed by atoms with Gasteiger partial charge in [-0.2, -0.15) is 10.2 Å². The molecular formula is C19H16F2N6O3S. The number of anilines is 4. The number of hydrogen-bond acceptors (Lipinski definition) is 8. The maximum atomic E-state index is 14.1. The van der Waals surface area contributed by atoms with Gasteiger partial charge in [0, 0.05) is 11.4 Å². The summed E-state index contributed by atoms with van der Waals surface area (Å²) in [5, 5.41) is 19.2. The molecule has 0 aliphatic carbocycles. The largest absolute Gasteiger partial charge is 0.476 e. The van der Waals surface area contributed by atoms with Crippen LogP contribution in [0, 0.1) is 23.0 Å². The molecule has 9 nitrogen and oxygen atoms in total. The molecule has 1 atom stereocenters. The van der Waals surface area contributed by atoms with Gasteiger partial charge in [-0.05, 0) is 49.4 Å². The van der Waals surface area contributed by atoms with E-state index in [-0.39, 0.29) is 17.5 Å². The zero-order chi connectivity index (χ0) is 22.6. The normalized spacial score (nSPS) is 12.0. The highest BCUT2D eigenvalue weighted by molar-refractivity contribution is 7.89. The van der Waals surface area contributed by atoms with Crippen LogP contribution < -0.4 is 20.5 Å². The third kappa shape index (κ3) is 5.62. The number of nitrogens with one attached hydrogen (secondary N) is 2. The van der Waals surface area contributed by atoms with Crippen molar-refractivity contribution in [3.05, 3.63) is 60.3 Å². The molecule has 0 saturated heterocycles. The zero-order valence-electron chi connectivity index (χ0n) is 16.0. The van der Waals surface area contributed by atoms with Crippen molar-refractivity contribution >= 4 is 33.2 Å². The van der Waals surface area contributed by atoms with Gasteiger partial charge in [0.2, 0.25) is 16.0 Å². The van der Waals surface area contributed by atoms with Crippen LogP contribution in [0.15, 0.2) is 53.6 Å². The Bertz CT molecular complexity index is 1250. The smallest absolute Gasteiger partial charge is 0.241 e. The Kier molecular flexibility index (Phi) is 6.28. The summed E-state index contributed by atoms with van der Waals surface area (Å²) < 4.78 is 56.1. The van der Waals surface area contributed by atoms with Crippen molar-refractivity contribution in [3.8, 4) is 11.8 Å². The molecular weight excluding hydrogens is 430 g/mol. The summed E-state index contributed by atoms with van der Waals surface area (Å²) in [5.41, 5.74) is 0.620. The van der Waals surface area contributed by atoms with E-state index in [1.54, 1.807) is 31.2 Å². The lowest BCUT2D eigenvalue weighted by atomic mass is 10.3. The number of rotatable bonds is 7. The van der Waals surface area contributed by atoms with Crippen molar-refractivity contribution in [2.24, 2.45) is 5.14 Å². The fourth-order valence-electron chi connectivity index (χ4n) is 2.43. The standard InChI is InChI=1S/C19H16F2N6O3S/c1-11(9-22)30-14-5-2-12(3-6-14)25-18-16(21)10-24-19(27-18)26-13-4-7-15(20)17(8-13)31(23,28)29/h2-8,10-11H,1H3,(H2,23,28,29)(H2,24,25,26,27). The average molecular weight is 446 g/mol. The van der Waals surface area contributed by atoms with Gasteiger partial charge in [-0.25, -0.2) is 27.3 Å². The SMILES string of the molecule is CC(C#N)Oc1ccc(Nc2nc(Nc3ccc(F)c(S(N)(=O)=O)c3)ncc2F)cc1. The van der Waals surface area contributed by atoms with Crippen LogP contribution in [-0.2, 0) is 10.0 Å². The van der Waals surface area contributed by atoms with Gasteiger partial charge < -0.3 is 15.4 Å². The molecule has 0 saturated carbocycles. The van der Waals surface area contributed by atoms with Crippen molar-refractivity contribution in [2.45, 2.75) is 17.9 Å². The Hall–Kier alpha value is -3.82. The molecule has 4 N–H and O–H groups in total. The lowest BCUT2D eigenvalue weighted by Crippen LogP contribution is -2.14. The molecule has 0 bridgehead atoms. The molecule has 0 aliphatic heterocycles. The Morgan fingerprint density at radius 1 is 1.10 bits per heavy atom. The minimum Gasteiger partial charge on any atom is -0.476 e. The Balaban J connectivity index is 1.79. The highest BCUT2D eigenvalue weighted by Crippen LogP contribution is 2.24. The Morgan fingerprint density at radius 3 is 2.42 bits per heavy atom. The number of primary sulfonamides is 1. The number of ether oxygens (including phenoxy) is 1. The van der Waals surface area contributed by atoms with Crippen LogP contribution in [0.3, 0.4) is 0 Å². The summed E-state index contributed by atoms with van der Waals surface area (Å²) in [6.45, 7) is 1.60. The van der Waals surface area contributed by atoms with Crippen LogP contribution in [0.2, 0.25) is 0 Å². The molecule has 1 aromatic heterocycles. The summed E-state index contributed by atoms with van der Waals surface area (Å²) >= 11 is 0. The first kappa shape index (κ1) is 21.9. The summed E-state index contributed by atoms with van der Waals surface area (Å²) in [7, 11) is -4.27. The average Bonchev–Trinajstić information content (AvgIpc) is 2.72. The lowest BCUT2D eigenvalue weighted by molar-refractivity contribution is 0.276. The molecule has 12 heteroatoms. The molecule has 3 aromatic rings. The minimum absolute atomic E-state index is 0.0707. The second-order valence-electron chi connectivity index (χ2n) is 6.24. The quantitative estimate of drug-likeness (QED) is 0.502. The number of nitrogens with two attached hydrogens (primary N) is 1. The topological polar surface area (TPSA) is 143 Å². The molecule has 2 aromatic carbocycles. The van der Waals surface area contributed by atoms with Gasteiger partial charge in [0.05, 0.1) is 6.20 Å². The first-order chi connectivity index (χ1) is 14.7. The van der Waals surface area contributed by atoms with Crippen molar-refractivity contribution in [2.75, 3.05) is 10.6 Å². The van der Waals surface area contributed by atoms with Crippen LogP contribution in [0.4, 0.5) is 31.9 Å². The highest BCUT2D eigenvalue weighted by atomic mass is 32.2. The molecule has 160 valence electrons. The fourth-order valence-corrected chi connectivity index (χ4v) is 3.06. The van der Waals surface area contributed by atoms with Crippen LogP contribution in [-0.4, -0.2) is 24.5 Å². The summed E-state index contributed by atoms with van der Waals surface area (Å²) in [6, 6.07) is 11.5. The van der Waals surface area contributed by atoms with Gasteiger partial charge in [0.15, 0.2) is 17.7 Å². The monoisotopic (exact) mass is 446 g/mol. The molecule has 0 radical (unpaired) electrons. The number of benzene rings is 2. The zero-order valence-corrected chi connectivity index (χ0v) is 16.8. The van der Waals surface area contributed by atoms with Gasteiger partial charge in [0.25, 0.3) is 0 Å². The summed E-state index contributed by atoms with van der Waals surface area (Å²) in [4.78, 5) is 7.09. The number of aromatic nitrogens is 2. The van der Waals surface area contributed by atoms with Gasteiger partial charge in [-0.3, -0.25) is 0 Å². The van der Waals surface area contributed by atoms with E-state index in [0.717, 1.165) is 18.3 Å². The summed E-state index contributed by atoms with van der Waals surface area (Å²) in [5.74, 6) is -1.52. The van der Waals surface area contributed by atoms with Crippen LogP contribution in [0.5, 0.6) is 5.75 Å². The van der Waals surface area contributed by atoms with E-state index >= 15 is 0 Å². The van der Waals surface area contributed by atoms with Crippen molar-refractivity contribution in [3.63, 3.8) is 0 Å². The van der Waals surface area contributed by atoms with E-state index in [1.807, 2.05) is 6.07 Å². The minimum atomic E-state index is -4.27. The maximum Gasteiger partial charge on any atom is 0.241 e. The predicted octanol–water partition coefficient (Wildman–Crippen LogP) is 3.18. The first-order valence-electron chi connectivity index (χ1n) is 8.71. The van der Waals surface area contributed by atoms with Gasteiger partial charge >= 0.3 is 0 Å². The number of nitrogens with zero attached hydrogens (tertiary/aromatic N) is 3. The maximum absolute atomic E-state index is 14.1. The van der Waals surface area contributed by atoms with Crippen LogP contribution >= 0.6 is 0 Å². The molecule has 0 spiro atoms. The molecule has 0 aliphatic rings. The van der Waals surface area contributed by atoms with Crippen molar-refractivity contribution in [1.82, 2.24) is 9.97 Å². The third-order valence-corrected chi connectivity index (χ3v) is 4.78. The van der Waals surface area contributed by atoms with E-state index in [2.05, 4.69) is 20.6 Å². The van der Waals surface area contributed by atoms with E-state index in [0.29, 0.717) is 11.4 Å². The number of nitriles is 1. The first-order valence-corrected chi connectivity index (χ1v) is 10.3. The second kappa shape index (κ2) is 8.90. The van der Waals surface area contributed by atoms with Gasteiger partial charge in [0.1, 0.15) is 22.5 Å². The van der Waals surface area contributed by atoms with E-state index in [4.69, 9.17) is 15.1 Å². The van der Waals surface area contributed by atoms with Crippen molar-refractivity contribution in [1.29, 1.82) is 5.26 Å². The van der Waals surface area contributed by atoms with Crippen LogP contribution in [0.25, 0.3) is 0 Å². The number of sulfonamides is 1.